The van der Waals surface area contributed by atoms with E-state index >= 15 is 0 Å². The van der Waals surface area contributed by atoms with Crippen molar-refractivity contribution in [3.63, 3.8) is 0 Å². The molecular weight excluding hydrogens is 276 g/mol. The Morgan fingerprint density at radius 3 is 2.57 bits per heavy atom. The lowest BCUT2D eigenvalue weighted by Crippen LogP contribution is -2.19. The lowest BCUT2D eigenvalue weighted by atomic mass is 9.98. The first-order valence-electron chi connectivity index (χ1n) is 7.53. The van der Waals surface area contributed by atoms with Gasteiger partial charge in [-0.2, -0.15) is 0 Å². The number of nitrogens with zero attached hydrogens (tertiary/aromatic N) is 1. The van der Waals surface area contributed by atoms with Crippen molar-refractivity contribution in [3.05, 3.63) is 51.0 Å². The van der Waals surface area contributed by atoms with Crippen LogP contribution in [-0.4, -0.2) is 4.98 Å². The summed E-state index contributed by atoms with van der Waals surface area (Å²) in [5.74, 6) is 0. The number of thiazole rings is 1. The SMILES string of the molecule is Cc1ccc(C)c(C(C)NCc2csc(C(C)(C)C)n2)c1. The molecule has 1 unspecified atom stereocenters. The molecule has 2 rings (SSSR count). The van der Waals surface area contributed by atoms with Crippen molar-refractivity contribution in [3.8, 4) is 0 Å². The van der Waals surface area contributed by atoms with Crippen LogP contribution in [0.5, 0.6) is 0 Å². The second kappa shape index (κ2) is 6.29. The summed E-state index contributed by atoms with van der Waals surface area (Å²) in [7, 11) is 0. The molecule has 0 aliphatic rings. The second-order valence-electron chi connectivity index (χ2n) is 6.86. The zero-order chi connectivity index (χ0) is 15.6. The van der Waals surface area contributed by atoms with Crippen LogP contribution in [0.1, 0.15) is 61.1 Å². The molecule has 0 aliphatic carbocycles. The van der Waals surface area contributed by atoms with Gasteiger partial charge in [-0.25, -0.2) is 4.98 Å². The van der Waals surface area contributed by atoms with Gasteiger partial charge in [-0.1, -0.05) is 44.5 Å². The van der Waals surface area contributed by atoms with Gasteiger partial charge in [0.2, 0.25) is 0 Å². The predicted molar refractivity (Wildman–Crippen MR) is 92.0 cm³/mol. The quantitative estimate of drug-likeness (QED) is 0.868. The van der Waals surface area contributed by atoms with Crippen molar-refractivity contribution in [1.82, 2.24) is 10.3 Å². The van der Waals surface area contributed by atoms with Crippen LogP contribution in [-0.2, 0) is 12.0 Å². The molecule has 0 radical (unpaired) electrons. The molecule has 1 heterocycles. The Morgan fingerprint density at radius 2 is 1.95 bits per heavy atom. The van der Waals surface area contributed by atoms with E-state index in [1.807, 2.05) is 0 Å². The van der Waals surface area contributed by atoms with Crippen molar-refractivity contribution in [2.45, 2.75) is 59.5 Å². The number of nitrogens with one attached hydrogen (secondary N) is 1. The van der Waals surface area contributed by atoms with E-state index in [0.717, 1.165) is 12.2 Å². The second-order valence-corrected chi connectivity index (χ2v) is 7.71. The first-order valence-corrected chi connectivity index (χ1v) is 8.41. The normalized spacial score (nSPS) is 13.4. The Kier molecular flexibility index (Phi) is 4.84. The molecule has 1 N–H and O–H groups in total. The summed E-state index contributed by atoms with van der Waals surface area (Å²) in [6, 6.07) is 6.98. The Labute approximate surface area is 132 Å². The van der Waals surface area contributed by atoms with Crippen LogP contribution in [0.15, 0.2) is 23.6 Å². The third-order valence-corrected chi connectivity index (χ3v) is 5.00. The van der Waals surface area contributed by atoms with Crippen LogP contribution in [0.3, 0.4) is 0 Å². The zero-order valence-electron chi connectivity index (χ0n) is 13.9. The van der Waals surface area contributed by atoms with Gasteiger partial charge in [-0.05, 0) is 31.9 Å². The maximum Gasteiger partial charge on any atom is 0.0982 e. The van der Waals surface area contributed by atoms with Gasteiger partial charge in [0.15, 0.2) is 0 Å². The van der Waals surface area contributed by atoms with Gasteiger partial charge in [0.25, 0.3) is 0 Å². The van der Waals surface area contributed by atoms with Gasteiger partial charge in [0.1, 0.15) is 0 Å². The Hall–Kier alpha value is -1.19. The summed E-state index contributed by atoms with van der Waals surface area (Å²) in [4.78, 5) is 4.74. The molecule has 0 saturated carbocycles. The van der Waals surface area contributed by atoms with Gasteiger partial charge in [0.05, 0.1) is 10.7 Å². The largest absolute Gasteiger partial charge is 0.305 e. The molecule has 2 aromatic rings. The molecule has 0 saturated heterocycles. The van der Waals surface area contributed by atoms with E-state index in [1.165, 1.54) is 21.7 Å². The monoisotopic (exact) mass is 302 g/mol. The third kappa shape index (κ3) is 4.14. The molecule has 2 nitrogen and oxygen atoms in total. The van der Waals surface area contributed by atoms with E-state index in [0.29, 0.717) is 6.04 Å². The summed E-state index contributed by atoms with van der Waals surface area (Å²) >= 11 is 1.76. The van der Waals surface area contributed by atoms with Crippen LogP contribution in [0.4, 0.5) is 0 Å². The number of benzene rings is 1. The number of aromatic nitrogens is 1. The first kappa shape index (κ1) is 16.2. The maximum absolute atomic E-state index is 4.74. The highest BCUT2D eigenvalue weighted by molar-refractivity contribution is 7.09. The van der Waals surface area contributed by atoms with E-state index in [1.54, 1.807) is 11.3 Å². The molecular formula is C18H26N2S. The van der Waals surface area contributed by atoms with E-state index in [-0.39, 0.29) is 5.41 Å². The highest BCUT2D eigenvalue weighted by Gasteiger charge is 2.18. The number of hydrogen-bond donors (Lipinski definition) is 1. The van der Waals surface area contributed by atoms with Crippen molar-refractivity contribution in [2.24, 2.45) is 0 Å². The molecule has 0 spiro atoms. The van der Waals surface area contributed by atoms with E-state index < -0.39 is 0 Å². The van der Waals surface area contributed by atoms with Crippen molar-refractivity contribution >= 4 is 11.3 Å². The van der Waals surface area contributed by atoms with E-state index in [2.05, 4.69) is 70.4 Å². The summed E-state index contributed by atoms with van der Waals surface area (Å²) < 4.78 is 0. The molecule has 0 bridgehead atoms. The molecule has 1 aromatic heterocycles. The summed E-state index contributed by atoms with van der Waals surface area (Å²) in [6.07, 6.45) is 0. The average molecular weight is 302 g/mol. The van der Waals surface area contributed by atoms with Crippen LogP contribution in [0.2, 0.25) is 0 Å². The minimum absolute atomic E-state index is 0.141. The van der Waals surface area contributed by atoms with Crippen LogP contribution >= 0.6 is 11.3 Å². The van der Waals surface area contributed by atoms with Crippen molar-refractivity contribution < 1.29 is 0 Å². The molecule has 114 valence electrons. The van der Waals surface area contributed by atoms with Gasteiger partial charge in [-0.15, -0.1) is 11.3 Å². The molecule has 1 aromatic carbocycles. The van der Waals surface area contributed by atoms with Crippen LogP contribution in [0.25, 0.3) is 0 Å². The molecule has 21 heavy (non-hydrogen) atoms. The third-order valence-electron chi connectivity index (χ3n) is 3.68. The molecule has 0 amide bonds. The topological polar surface area (TPSA) is 24.9 Å². The zero-order valence-corrected chi connectivity index (χ0v) is 14.8. The van der Waals surface area contributed by atoms with Crippen LogP contribution in [0, 0.1) is 13.8 Å². The van der Waals surface area contributed by atoms with E-state index in [9.17, 15) is 0 Å². The Morgan fingerprint density at radius 1 is 1.24 bits per heavy atom. The molecule has 1 atom stereocenters. The van der Waals surface area contributed by atoms with Gasteiger partial charge >= 0.3 is 0 Å². The minimum atomic E-state index is 0.141. The standard InChI is InChI=1S/C18H26N2S/c1-12-7-8-13(2)16(9-12)14(3)19-10-15-11-21-17(20-15)18(4,5)6/h7-9,11,14,19H,10H2,1-6H3. The lowest BCUT2D eigenvalue weighted by molar-refractivity contribution is 0.555. The fourth-order valence-electron chi connectivity index (χ4n) is 2.33. The van der Waals surface area contributed by atoms with Gasteiger partial charge < -0.3 is 5.32 Å². The number of rotatable bonds is 4. The summed E-state index contributed by atoms with van der Waals surface area (Å²) in [6.45, 7) is 14.0. The first-order chi connectivity index (χ1) is 9.77. The van der Waals surface area contributed by atoms with E-state index in [4.69, 9.17) is 4.98 Å². The minimum Gasteiger partial charge on any atom is -0.305 e. The van der Waals surface area contributed by atoms with Crippen molar-refractivity contribution in [2.75, 3.05) is 0 Å². The van der Waals surface area contributed by atoms with Gasteiger partial charge in [0, 0.05) is 23.4 Å². The summed E-state index contributed by atoms with van der Waals surface area (Å²) in [5, 5.41) is 6.97. The summed E-state index contributed by atoms with van der Waals surface area (Å²) in [5.41, 5.74) is 5.31. The predicted octanol–water partition coefficient (Wildman–Crippen LogP) is 4.91. The van der Waals surface area contributed by atoms with Crippen LogP contribution < -0.4 is 5.32 Å². The fourth-order valence-corrected chi connectivity index (χ4v) is 3.23. The number of aryl methyl sites for hydroxylation is 2. The fraction of sp³-hybridized carbons (Fsp3) is 0.500. The smallest absolute Gasteiger partial charge is 0.0982 e. The molecule has 0 aliphatic heterocycles. The van der Waals surface area contributed by atoms with Crippen molar-refractivity contribution in [1.29, 1.82) is 0 Å². The van der Waals surface area contributed by atoms with Gasteiger partial charge in [-0.3, -0.25) is 0 Å². The molecule has 0 fully saturated rings. The maximum atomic E-state index is 4.74. The highest BCUT2D eigenvalue weighted by atomic mass is 32.1. The Bertz CT molecular complexity index is 608. The highest BCUT2D eigenvalue weighted by Crippen LogP contribution is 2.26. The lowest BCUT2D eigenvalue weighted by Gasteiger charge is -2.17. The number of hydrogen-bond acceptors (Lipinski definition) is 3. The average Bonchev–Trinajstić information content (AvgIpc) is 2.87. The Balaban J connectivity index is 2.02. The molecule has 3 heteroatoms.